The normalized spacial score (nSPS) is 17.4. The lowest BCUT2D eigenvalue weighted by Gasteiger charge is -2.35. The summed E-state index contributed by atoms with van der Waals surface area (Å²) in [5.74, 6) is 5.66. The van der Waals surface area contributed by atoms with Gasteiger partial charge < -0.3 is 29.6 Å². The number of nitrogens with one attached hydrogen (secondary N) is 2. The van der Waals surface area contributed by atoms with Crippen LogP contribution >= 0.6 is 0 Å². The smallest absolute Gasteiger partial charge is 0.406 e. The first-order chi connectivity index (χ1) is 20.9. The third-order valence-electron chi connectivity index (χ3n) is 7.79. The fourth-order valence-corrected chi connectivity index (χ4v) is 6.13. The average molecular weight is 639 g/mol. The first kappa shape index (κ1) is 33.4. The van der Waals surface area contributed by atoms with Crippen molar-refractivity contribution in [3.63, 3.8) is 0 Å². The van der Waals surface area contributed by atoms with E-state index in [4.69, 9.17) is 9.47 Å². The number of halogens is 4. The number of fused-ring (bicyclic) bond motifs is 1. The van der Waals surface area contributed by atoms with E-state index in [-0.39, 0.29) is 28.9 Å². The molecule has 1 aliphatic rings. The van der Waals surface area contributed by atoms with E-state index in [9.17, 15) is 26.0 Å². The summed E-state index contributed by atoms with van der Waals surface area (Å²) in [6, 6.07) is 11.6. The first-order valence-corrected chi connectivity index (χ1v) is 16.2. The zero-order valence-electron chi connectivity index (χ0n) is 25.0. The van der Waals surface area contributed by atoms with Crippen LogP contribution in [-0.4, -0.2) is 83.1 Å². The number of aromatic nitrogens is 1. The number of nitrogens with zero attached hydrogens (tertiary/aromatic N) is 2. The molecule has 8 nitrogen and oxygen atoms in total. The van der Waals surface area contributed by atoms with Gasteiger partial charge in [-0.1, -0.05) is 12.0 Å². The van der Waals surface area contributed by atoms with Gasteiger partial charge in [0.1, 0.15) is 12.3 Å². The molecule has 2 N–H and O–H groups in total. The molecular formula is C31H38F4N4O4S. The number of rotatable bonds is 12. The summed E-state index contributed by atoms with van der Waals surface area (Å²) >= 11 is 0. The predicted octanol–water partition coefficient (Wildman–Crippen LogP) is 5.68. The van der Waals surface area contributed by atoms with Crippen LogP contribution in [0.25, 0.3) is 10.9 Å². The molecule has 1 saturated carbocycles. The molecule has 3 aromatic rings. The lowest BCUT2D eigenvalue weighted by Crippen LogP contribution is -2.39. The number of sulfone groups is 1. The number of ether oxygens (including phenoxy) is 2. The Hall–Kier alpha value is -3.47. The Bertz CT molecular complexity index is 1590. The van der Waals surface area contributed by atoms with E-state index in [1.807, 2.05) is 6.07 Å². The van der Waals surface area contributed by atoms with Gasteiger partial charge in [0.15, 0.2) is 9.84 Å². The highest BCUT2D eigenvalue weighted by Crippen LogP contribution is 2.33. The molecule has 0 unspecified atom stereocenters. The molecule has 4 rings (SSSR count). The molecule has 240 valence electrons. The summed E-state index contributed by atoms with van der Waals surface area (Å²) in [6.45, 7) is -0.833. The van der Waals surface area contributed by atoms with Gasteiger partial charge in [0.25, 0.3) is 0 Å². The van der Waals surface area contributed by atoms with Gasteiger partial charge in [0, 0.05) is 49.1 Å². The second kappa shape index (κ2) is 14.5. The van der Waals surface area contributed by atoms with E-state index in [1.54, 1.807) is 25.3 Å². The first-order valence-electron chi connectivity index (χ1n) is 14.3. The average Bonchev–Trinajstić information content (AvgIpc) is 3.31. The van der Waals surface area contributed by atoms with Gasteiger partial charge in [-0.15, -0.1) is 0 Å². The maximum Gasteiger partial charge on any atom is 0.406 e. The van der Waals surface area contributed by atoms with Crippen LogP contribution in [0.2, 0.25) is 0 Å². The van der Waals surface area contributed by atoms with Crippen LogP contribution in [0.3, 0.4) is 0 Å². The van der Waals surface area contributed by atoms with Gasteiger partial charge in [-0.2, -0.15) is 13.2 Å². The summed E-state index contributed by atoms with van der Waals surface area (Å²) in [4.78, 5) is 2.28. The van der Waals surface area contributed by atoms with Crippen LogP contribution in [0.5, 0.6) is 5.75 Å². The maximum absolute atomic E-state index is 13.6. The van der Waals surface area contributed by atoms with Crippen LogP contribution in [0.4, 0.5) is 28.9 Å². The van der Waals surface area contributed by atoms with Crippen molar-refractivity contribution in [2.75, 3.05) is 57.6 Å². The van der Waals surface area contributed by atoms with Gasteiger partial charge in [-0.25, -0.2) is 12.8 Å². The van der Waals surface area contributed by atoms with E-state index in [1.165, 1.54) is 18.2 Å². The van der Waals surface area contributed by atoms with Crippen molar-refractivity contribution in [1.82, 2.24) is 9.47 Å². The number of alkyl halides is 4. The monoisotopic (exact) mass is 638 g/mol. The van der Waals surface area contributed by atoms with Crippen LogP contribution in [0, 0.1) is 11.8 Å². The fraction of sp³-hybridized carbons (Fsp3) is 0.484. The second-order valence-electron chi connectivity index (χ2n) is 10.9. The molecule has 0 amide bonds. The zero-order valence-corrected chi connectivity index (χ0v) is 25.8. The van der Waals surface area contributed by atoms with Gasteiger partial charge in [0.2, 0.25) is 6.86 Å². The molecule has 13 heteroatoms. The van der Waals surface area contributed by atoms with E-state index >= 15 is 0 Å². The van der Waals surface area contributed by atoms with Crippen molar-refractivity contribution in [3.05, 3.63) is 48.2 Å². The standard InChI is InChI=1S/C31H38F4N4O4S/c1-38(16-17-42-2)23-11-9-22(10-12-23)37-27-7-4-8-29-26(27)18-24(39(29)20-31(33,34)35)6-5-15-36-28-14-13-25(44(3,40)41)19-30(28)43-21-32/h4,7-8,13-14,18-19,22-23,36-37H,9-12,15-17,20-21H2,1-3H3/t22-,23-. The summed E-state index contributed by atoms with van der Waals surface area (Å²) in [7, 11) is 0.252. The fourth-order valence-electron chi connectivity index (χ4n) is 5.49. The Morgan fingerprint density at radius 3 is 2.50 bits per heavy atom. The summed E-state index contributed by atoms with van der Waals surface area (Å²) < 4.78 is 88.8. The van der Waals surface area contributed by atoms with Crippen molar-refractivity contribution in [3.8, 4) is 17.6 Å². The predicted molar refractivity (Wildman–Crippen MR) is 164 cm³/mol. The molecule has 44 heavy (non-hydrogen) atoms. The van der Waals surface area contributed by atoms with Gasteiger partial charge >= 0.3 is 6.18 Å². The van der Waals surface area contributed by atoms with Crippen molar-refractivity contribution < 1.29 is 35.5 Å². The highest BCUT2D eigenvalue weighted by Gasteiger charge is 2.30. The number of methoxy groups -OCH3 is 1. The Morgan fingerprint density at radius 2 is 1.84 bits per heavy atom. The molecule has 0 radical (unpaired) electrons. The maximum atomic E-state index is 13.6. The SMILES string of the molecule is COCCN(C)[C@H]1CC[C@H](Nc2cccc3c2cc(C#CCNc2ccc(S(C)(=O)=O)cc2OCF)n3CC(F)(F)F)CC1. The quantitative estimate of drug-likeness (QED) is 0.195. The Balaban J connectivity index is 1.53. The van der Waals surface area contributed by atoms with E-state index < -0.39 is 29.4 Å². The molecule has 2 aromatic carbocycles. The van der Waals surface area contributed by atoms with E-state index in [0.29, 0.717) is 29.2 Å². The molecule has 0 spiro atoms. The molecule has 0 atom stereocenters. The molecule has 0 aliphatic heterocycles. The summed E-state index contributed by atoms with van der Waals surface area (Å²) in [5, 5.41) is 7.14. The Morgan fingerprint density at radius 1 is 1.09 bits per heavy atom. The Kier molecular flexibility index (Phi) is 11.0. The summed E-state index contributed by atoms with van der Waals surface area (Å²) in [6.07, 6.45) is 0.481. The third kappa shape index (κ3) is 8.80. The molecule has 1 aromatic heterocycles. The molecule has 1 aliphatic carbocycles. The number of benzene rings is 2. The molecular weight excluding hydrogens is 600 g/mol. The second-order valence-corrected chi connectivity index (χ2v) is 12.9. The van der Waals surface area contributed by atoms with Crippen LogP contribution in [0.15, 0.2) is 47.4 Å². The van der Waals surface area contributed by atoms with E-state index in [2.05, 4.69) is 34.4 Å². The van der Waals surface area contributed by atoms with Crippen molar-refractivity contribution >= 4 is 32.1 Å². The highest BCUT2D eigenvalue weighted by molar-refractivity contribution is 7.90. The third-order valence-corrected chi connectivity index (χ3v) is 8.90. The highest BCUT2D eigenvalue weighted by atomic mass is 32.2. The minimum absolute atomic E-state index is 0.0123. The molecule has 0 saturated heterocycles. The van der Waals surface area contributed by atoms with Crippen LogP contribution < -0.4 is 15.4 Å². The van der Waals surface area contributed by atoms with E-state index in [0.717, 1.165) is 48.7 Å². The lowest BCUT2D eigenvalue weighted by molar-refractivity contribution is -0.140. The van der Waals surface area contributed by atoms with Crippen molar-refractivity contribution in [2.45, 2.75) is 55.4 Å². The van der Waals surface area contributed by atoms with Gasteiger partial charge in [-0.3, -0.25) is 0 Å². The topological polar surface area (TPSA) is 84.8 Å². The van der Waals surface area contributed by atoms with Crippen molar-refractivity contribution in [1.29, 1.82) is 0 Å². The Labute approximate surface area is 255 Å². The van der Waals surface area contributed by atoms with Crippen LogP contribution in [0.1, 0.15) is 31.4 Å². The molecule has 1 fully saturated rings. The van der Waals surface area contributed by atoms with Gasteiger partial charge in [0.05, 0.1) is 34.9 Å². The molecule has 0 bridgehead atoms. The minimum atomic E-state index is -4.46. The summed E-state index contributed by atoms with van der Waals surface area (Å²) in [5.41, 5.74) is 1.68. The molecule has 1 heterocycles. The van der Waals surface area contributed by atoms with Crippen LogP contribution in [-0.2, 0) is 21.1 Å². The lowest BCUT2D eigenvalue weighted by atomic mass is 9.90. The number of hydrogen-bond acceptors (Lipinski definition) is 7. The van der Waals surface area contributed by atoms with Crippen molar-refractivity contribution in [2.24, 2.45) is 0 Å². The minimum Gasteiger partial charge on any atom is -0.461 e. The van der Waals surface area contributed by atoms with Gasteiger partial charge in [-0.05, 0) is 69.0 Å². The number of anilines is 2. The zero-order chi connectivity index (χ0) is 31.9. The largest absolute Gasteiger partial charge is 0.461 e. The number of hydrogen-bond donors (Lipinski definition) is 2. The number of likely N-dealkylation sites (N-methyl/N-ethyl adjacent to an activating group) is 1.